The molecule has 0 atom stereocenters. The van der Waals surface area contributed by atoms with Gasteiger partial charge in [-0.25, -0.2) is 0 Å². The van der Waals surface area contributed by atoms with Crippen molar-refractivity contribution >= 4 is 23.2 Å². The van der Waals surface area contributed by atoms with Crippen molar-refractivity contribution in [3.63, 3.8) is 0 Å². The molecule has 0 radical (unpaired) electrons. The van der Waals surface area contributed by atoms with Gasteiger partial charge in [-0.15, -0.1) is 21.8 Å². The Morgan fingerprint density at radius 2 is 2.35 bits per heavy atom. The molecule has 0 aliphatic rings. The zero-order valence-electron chi connectivity index (χ0n) is 8.85. The summed E-state index contributed by atoms with van der Waals surface area (Å²) in [5.41, 5.74) is 1.46. The van der Waals surface area contributed by atoms with Crippen LogP contribution in [0.15, 0.2) is 24.3 Å². The summed E-state index contributed by atoms with van der Waals surface area (Å²) < 4.78 is 0. The van der Waals surface area contributed by atoms with Crippen LogP contribution in [0.1, 0.15) is 6.42 Å². The molecule has 6 nitrogen and oxygen atoms in total. The third-order valence-electron chi connectivity index (χ3n) is 2.07. The summed E-state index contributed by atoms with van der Waals surface area (Å²) in [7, 11) is 0. The monoisotopic (exact) mass is 251 g/mol. The number of halogens is 1. The van der Waals surface area contributed by atoms with Crippen molar-refractivity contribution in [3.8, 4) is 11.4 Å². The Bertz CT molecular complexity index is 499. The third-order valence-corrected chi connectivity index (χ3v) is 2.26. The van der Waals surface area contributed by atoms with E-state index >= 15 is 0 Å². The van der Waals surface area contributed by atoms with E-state index in [1.807, 2.05) is 12.1 Å². The van der Waals surface area contributed by atoms with E-state index in [0.717, 1.165) is 5.56 Å². The zero-order chi connectivity index (χ0) is 12.1. The van der Waals surface area contributed by atoms with Crippen molar-refractivity contribution in [1.29, 1.82) is 0 Å². The van der Waals surface area contributed by atoms with Crippen molar-refractivity contribution < 1.29 is 4.79 Å². The number of nitrogens with zero attached hydrogens (tertiary/aromatic N) is 3. The second-order valence-electron chi connectivity index (χ2n) is 3.30. The highest BCUT2D eigenvalue weighted by molar-refractivity contribution is 6.19. The minimum atomic E-state index is -0.120. The minimum absolute atomic E-state index is 0.120. The van der Waals surface area contributed by atoms with Crippen molar-refractivity contribution in [1.82, 2.24) is 20.6 Å². The number of aromatic nitrogens is 4. The van der Waals surface area contributed by atoms with E-state index in [2.05, 4.69) is 25.9 Å². The number of amides is 1. The number of nitrogens with one attached hydrogen (secondary N) is 2. The first-order valence-corrected chi connectivity index (χ1v) is 5.53. The molecule has 1 amide bonds. The van der Waals surface area contributed by atoms with E-state index in [9.17, 15) is 4.79 Å². The highest BCUT2D eigenvalue weighted by Gasteiger charge is 2.05. The van der Waals surface area contributed by atoms with Gasteiger partial charge < -0.3 is 5.32 Å². The van der Waals surface area contributed by atoms with Gasteiger partial charge in [0.1, 0.15) is 0 Å². The van der Waals surface area contributed by atoms with Gasteiger partial charge in [0.25, 0.3) is 0 Å². The first-order chi connectivity index (χ1) is 8.29. The van der Waals surface area contributed by atoms with Crippen LogP contribution in [0, 0.1) is 0 Å². The summed E-state index contributed by atoms with van der Waals surface area (Å²) >= 11 is 5.48. The van der Waals surface area contributed by atoms with Crippen LogP contribution < -0.4 is 5.32 Å². The predicted molar refractivity (Wildman–Crippen MR) is 63.6 cm³/mol. The van der Waals surface area contributed by atoms with Crippen LogP contribution >= 0.6 is 11.6 Å². The molecule has 2 aromatic rings. The largest absolute Gasteiger partial charge is 0.326 e. The molecule has 0 aliphatic carbocycles. The number of carbonyl (C=O) groups excluding carboxylic acids is 1. The molecule has 2 N–H and O–H groups in total. The Labute approximate surface area is 102 Å². The first-order valence-electron chi connectivity index (χ1n) is 4.99. The number of rotatable bonds is 4. The highest BCUT2D eigenvalue weighted by Crippen LogP contribution is 2.18. The van der Waals surface area contributed by atoms with Crippen molar-refractivity contribution in [2.75, 3.05) is 11.2 Å². The van der Waals surface area contributed by atoms with Crippen LogP contribution in [0.5, 0.6) is 0 Å². The molecular formula is C10H10ClN5O. The Morgan fingerprint density at radius 1 is 1.47 bits per heavy atom. The van der Waals surface area contributed by atoms with E-state index in [0.29, 0.717) is 17.4 Å². The number of hydrogen-bond donors (Lipinski definition) is 2. The molecule has 0 spiro atoms. The Hall–Kier alpha value is -1.95. The van der Waals surface area contributed by atoms with Gasteiger partial charge in [0.2, 0.25) is 11.7 Å². The van der Waals surface area contributed by atoms with E-state index in [1.165, 1.54) is 0 Å². The van der Waals surface area contributed by atoms with Gasteiger partial charge >= 0.3 is 0 Å². The lowest BCUT2D eigenvalue weighted by Gasteiger charge is -2.04. The van der Waals surface area contributed by atoms with Gasteiger partial charge in [-0.05, 0) is 17.3 Å². The second-order valence-corrected chi connectivity index (χ2v) is 3.68. The quantitative estimate of drug-likeness (QED) is 0.806. The molecule has 1 aromatic carbocycles. The van der Waals surface area contributed by atoms with E-state index in [4.69, 9.17) is 11.6 Å². The van der Waals surface area contributed by atoms with E-state index < -0.39 is 0 Å². The molecule has 0 fully saturated rings. The molecule has 1 heterocycles. The van der Waals surface area contributed by atoms with Gasteiger partial charge in [-0.2, -0.15) is 5.21 Å². The van der Waals surface area contributed by atoms with Crippen LogP contribution in [0.2, 0.25) is 0 Å². The molecule has 1 aromatic heterocycles. The average Bonchev–Trinajstić information content (AvgIpc) is 2.83. The molecule has 7 heteroatoms. The summed E-state index contributed by atoms with van der Waals surface area (Å²) in [5.74, 6) is 0.666. The van der Waals surface area contributed by atoms with Gasteiger partial charge in [-0.1, -0.05) is 12.1 Å². The van der Waals surface area contributed by atoms with Gasteiger partial charge in [-0.3, -0.25) is 4.79 Å². The lowest BCUT2D eigenvalue weighted by Crippen LogP contribution is -2.11. The number of aromatic amines is 1. The van der Waals surface area contributed by atoms with Gasteiger partial charge in [0.05, 0.1) is 0 Å². The highest BCUT2D eigenvalue weighted by atomic mass is 35.5. The SMILES string of the molecule is O=C(CCCl)Nc1cccc(-c2nn[nH]n2)c1. The number of alkyl halides is 1. The zero-order valence-corrected chi connectivity index (χ0v) is 9.61. The Balaban J connectivity index is 2.15. The van der Waals surface area contributed by atoms with Crippen LogP contribution in [0.3, 0.4) is 0 Å². The average molecular weight is 252 g/mol. The maximum atomic E-state index is 11.4. The summed E-state index contributed by atoms with van der Waals surface area (Å²) in [6.07, 6.45) is 0.286. The van der Waals surface area contributed by atoms with Gasteiger partial charge in [0, 0.05) is 23.6 Å². The second kappa shape index (κ2) is 5.40. The Morgan fingerprint density at radius 3 is 3.06 bits per heavy atom. The van der Waals surface area contributed by atoms with Crippen molar-refractivity contribution in [2.24, 2.45) is 0 Å². The van der Waals surface area contributed by atoms with Crippen LogP contribution in [0.25, 0.3) is 11.4 Å². The summed E-state index contributed by atoms with van der Waals surface area (Å²) in [4.78, 5) is 11.4. The lowest BCUT2D eigenvalue weighted by atomic mass is 10.2. The molecule has 0 saturated heterocycles. The normalized spacial score (nSPS) is 10.2. The maximum absolute atomic E-state index is 11.4. The fourth-order valence-corrected chi connectivity index (χ4v) is 1.50. The van der Waals surface area contributed by atoms with Crippen LogP contribution in [0.4, 0.5) is 5.69 Å². The van der Waals surface area contributed by atoms with E-state index in [1.54, 1.807) is 12.1 Å². The Kier molecular flexibility index (Phi) is 3.66. The number of carbonyl (C=O) groups is 1. The fourth-order valence-electron chi connectivity index (χ4n) is 1.33. The topological polar surface area (TPSA) is 83.6 Å². The molecule has 88 valence electrons. The molecule has 0 saturated carbocycles. The maximum Gasteiger partial charge on any atom is 0.225 e. The third kappa shape index (κ3) is 3.01. The summed E-state index contributed by atoms with van der Waals surface area (Å²) in [5, 5.41) is 16.3. The van der Waals surface area contributed by atoms with Crippen LogP contribution in [-0.4, -0.2) is 32.4 Å². The lowest BCUT2D eigenvalue weighted by molar-refractivity contribution is -0.115. The number of benzene rings is 1. The molecule has 0 bridgehead atoms. The minimum Gasteiger partial charge on any atom is -0.326 e. The van der Waals surface area contributed by atoms with Crippen molar-refractivity contribution in [2.45, 2.75) is 6.42 Å². The smallest absolute Gasteiger partial charge is 0.225 e. The first kappa shape index (κ1) is 11.5. The summed E-state index contributed by atoms with van der Waals surface area (Å²) in [6.45, 7) is 0. The van der Waals surface area contributed by atoms with E-state index in [-0.39, 0.29) is 12.3 Å². The molecular weight excluding hydrogens is 242 g/mol. The predicted octanol–water partition coefficient (Wildman–Crippen LogP) is 1.43. The standard InChI is InChI=1S/C10H10ClN5O/c11-5-4-9(17)12-8-3-1-2-7(6-8)10-13-15-16-14-10/h1-3,6H,4-5H2,(H,12,17)(H,13,14,15,16). The number of H-pyrrole nitrogens is 1. The fraction of sp³-hybridized carbons (Fsp3) is 0.200. The molecule has 0 unspecified atom stereocenters. The molecule has 17 heavy (non-hydrogen) atoms. The molecule has 2 rings (SSSR count). The summed E-state index contributed by atoms with van der Waals surface area (Å²) in [6, 6.07) is 7.21. The van der Waals surface area contributed by atoms with Gasteiger partial charge in [0.15, 0.2) is 0 Å². The number of anilines is 1. The molecule has 0 aliphatic heterocycles. The van der Waals surface area contributed by atoms with Crippen molar-refractivity contribution in [3.05, 3.63) is 24.3 Å². The number of hydrogen-bond acceptors (Lipinski definition) is 4. The van der Waals surface area contributed by atoms with Crippen LogP contribution in [-0.2, 0) is 4.79 Å². The number of tetrazole rings is 1.